The molecule has 3 atom stereocenters. The predicted molar refractivity (Wildman–Crippen MR) is 247 cm³/mol. The number of hydrogen-bond acceptors (Lipinski definition) is 14. The Labute approximate surface area is 381 Å². The van der Waals surface area contributed by atoms with Crippen molar-refractivity contribution in [2.24, 2.45) is 4.99 Å². The van der Waals surface area contributed by atoms with Crippen LogP contribution in [0.25, 0.3) is 0 Å². The Hall–Kier alpha value is -5.65. The summed E-state index contributed by atoms with van der Waals surface area (Å²) in [7, 11) is 6.37. The van der Waals surface area contributed by atoms with Gasteiger partial charge in [-0.1, -0.05) is 19.1 Å². The zero-order valence-corrected chi connectivity index (χ0v) is 38.2. The highest BCUT2D eigenvalue weighted by atomic mass is 16.6. The van der Waals surface area contributed by atoms with E-state index in [4.69, 9.17) is 38.3 Å². The van der Waals surface area contributed by atoms with Crippen molar-refractivity contribution in [1.29, 1.82) is 0 Å². The van der Waals surface area contributed by atoms with Crippen LogP contribution in [0.15, 0.2) is 70.9 Å². The van der Waals surface area contributed by atoms with E-state index >= 15 is 0 Å². The molecule has 4 aliphatic rings. The maximum Gasteiger partial charge on any atom is 0.260 e. The van der Waals surface area contributed by atoms with Gasteiger partial charge in [0.15, 0.2) is 29.3 Å². The summed E-state index contributed by atoms with van der Waals surface area (Å²) in [5.74, 6) is 1.58. The van der Waals surface area contributed by atoms with Crippen molar-refractivity contribution in [3.63, 3.8) is 0 Å². The minimum atomic E-state index is -0.888. The molecule has 0 aromatic heterocycles. The van der Waals surface area contributed by atoms with E-state index in [1.807, 2.05) is 30.0 Å². The molecule has 3 aromatic carbocycles. The fourth-order valence-corrected chi connectivity index (χ4v) is 8.70. The van der Waals surface area contributed by atoms with E-state index in [0.717, 1.165) is 48.2 Å². The first kappa shape index (κ1) is 47.3. The number of allylic oxidation sites excluding steroid dienone is 3. The van der Waals surface area contributed by atoms with E-state index in [1.165, 1.54) is 12.7 Å². The van der Waals surface area contributed by atoms with Crippen LogP contribution in [-0.4, -0.2) is 137 Å². The summed E-state index contributed by atoms with van der Waals surface area (Å²) in [6.07, 6.45) is 9.62. The van der Waals surface area contributed by atoms with Crippen LogP contribution in [0.5, 0.6) is 23.0 Å². The summed E-state index contributed by atoms with van der Waals surface area (Å²) >= 11 is 0. The summed E-state index contributed by atoms with van der Waals surface area (Å²) < 4.78 is 41.1. The third-order valence-corrected chi connectivity index (χ3v) is 12.2. The lowest BCUT2D eigenvalue weighted by molar-refractivity contribution is -0.0787. The number of amides is 2. The monoisotopic (exact) mass is 897 g/mol. The van der Waals surface area contributed by atoms with Crippen LogP contribution in [-0.2, 0) is 27.4 Å². The van der Waals surface area contributed by atoms with E-state index < -0.39 is 6.29 Å². The van der Waals surface area contributed by atoms with Crippen LogP contribution in [0.1, 0.15) is 77.3 Å². The number of carbonyl (C=O) groups excluding carboxylic acids is 2. The van der Waals surface area contributed by atoms with Crippen molar-refractivity contribution in [2.75, 3.05) is 91.3 Å². The first-order chi connectivity index (χ1) is 31.7. The molecule has 0 radical (unpaired) electrons. The third-order valence-electron chi connectivity index (χ3n) is 12.2. The summed E-state index contributed by atoms with van der Waals surface area (Å²) in [6.45, 7) is 5.35. The van der Waals surface area contributed by atoms with Gasteiger partial charge in [0.1, 0.15) is 13.2 Å². The quantitative estimate of drug-likeness (QED) is 0.0721. The van der Waals surface area contributed by atoms with Crippen molar-refractivity contribution in [3.05, 3.63) is 88.1 Å². The van der Waals surface area contributed by atoms with Crippen LogP contribution >= 0.6 is 0 Å². The standard InChI is InChI=1S/C49H63N5O11/c1-6-35-28-50-40-26-45(43(59-3)24-38(40)48(57)52(35)2)64-30-32-20-33(22-36(21-32)53(13-9-12-47(56)61-5)14-16-62-18-19-63-17-15-55)31-65-46-27-41-39(25-44(46)60-4)49(58)54-37(29-51-41)23-34-10-7-8-11-42(34)54/h7,10,20-22,24-28,35,37,47,51,55-56H,6,8-9,11-19,23,29-31H2,1-5H3. The molecule has 3 aromatic rings. The van der Waals surface area contributed by atoms with Crippen molar-refractivity contribution in [2.45, 2.75) is 77.0 Å². The molecule has 3 heterocycles. The second-order valence-electron chi connectivity index (χ2n) is 16.4. The van der Waals surface area contributed by atoms with Gasteiger partial charge in [-0.05, 0) is 85.6 Å². The molecule has 350 valence electrons. The number of methoxy groups -OCH3 is 3. The zero-order valence-electron chi connectivity index (χ0n) is 38.2. The zero-order chi connectivity index (χ0) is 45.9. The van der Waals surface area contributed by atoms with Gasteiger partial charge in [0.2, 0.25) is 0 Å². The van der Waals surface area contributed by atoms with Gasteiger partial charge in [0, 0.05) is 63.5 Å². The van der Waals surface area contributed by atoms with Crippen molar-refractivity contribution in [3.8, 4) is 23.0 Å². The molecule has 0 saturated carbocycles. The van der Waals surface area contributed by atoms with E-state index in [2.05, 4.69) is 33.4 Å². The molecule has 16 nitrogen and oxygen atoms in total. The van der Waals surface area contributed by atoms with E-state index in [-0.39, 0.29) is 50.3 Å². The number of ether oxygens (including phenoxy) is 7. The Kier molecular flexibility index (Phi) is 16.4. The van der Waals surface area contributed by atoms with Crippen LogP contribution in [0, 0.1) is 0 Å². The first-order valence-electron chi connectivity index (χ1n) is 22.5. The molecular weight excluding hydrogens is 835 g/mol. The lowest BCUT2D eigenvalue weighted by Gasteiger charge is -2.27. The number of benzene rings is 3. The van der Waals surface area contributed by atoms with Gasteiger partial charge in [-0.15, -0.1) is 0 Å². The van der Waals surface area contributed by atoms with Crippen molar-refractivity contribution < 1.29 is 53.0 Å². The molecule has 7 rings (SSSR count). The van der Waals surface area contributed by atoms with E-state index in [0.29, 0.717) is 97.8 Å². The SMILES string of the molecule is CCC1C=Nc2cc(OCc3cc(COc4cc5c(cc4OC)C(=O)N4C6=C(C=CCC6)CC4CN5)cc(N(CCCC(O)OC)CCOCCOCCO)c3)c(OC)cc2C(=O)N1C. The van der Waals surface area contributed by atoms with Gasteiger partial charge in [0.25, 0.3) is 11.8 Å². The van der Waals surface area contributed by atoms with Gasteiger partial charge in [-0.3, -0.25) is 14.6 Å². The highest BCUT2D eigenvalue weighted by Gasteiger charge is 2.39. The number of anilines is 2. The summed E-state index contributed by atoms with van der Waals surface area (Å²) in [5.41, 5.74) is 7.07. The Balaban J connectivity index is 1.17. The molecular formula is C49H63N5O11. The van der Waals surface area contributed by atoms with E-state index in [9.17, 15) is 14.7 Å². The summed E-state index contributed by atoms with van der Waals surface area (Å²) in [6, 6.07) is 13.1. The lowest BCUT2D eigenvalue weighted by atomic mass is 10.0. The number of rotatable bonds is 23. The highest BCUT2D eigenvalue weighted by molar-refractivity contribution is 6.04. The average Bonchev–Trinajstić information content (AvgIpc) is 3.59. The van der Waals surface area contributed by atoms with Gasteiger partial charge in [0.05, 0.1) is 81.8 Å². The number of aliphatic hydroxyl groups is 2. The van der Waals surface area contributed by atoms with Crippen LogP contribution in [0.3, 0.4) is 0 Å². The minimum Gasteiger partial charge on any atom is -0.493 e. The van der Waals surface area contributed by atoms with Gasteiger partial charge >= 0.3 is 0 Å². The molecule has 65 heavy (non-hydrogen) atoms. The summed E-state index contributed by atoms with van der Waals surface area (Å²) in [4.78, 5) is 38.1. The number of nitrogens with zero attached hydrogens (tertiary/aromatic N) is 4. The van der Waals surface area contributed by atoms with E-state index in [1.54, 1.807) is 50.6 Å². The molecule has 3 unspecified atom stereocenters. The van der Waals surface area contributed by atoms with Crippen molar-refractivity contribution >= 4 is 35.1 Å². The first-order valence-corrected chi connectivity index (χ1v) is 22.5. The van der Waals surface area contributed by atoms with Crippen LogP contribution in [0.2, 0.25) is 0 Å². The molecule has 0 saturated heterocycles. The van der Waals surface area contributed by atoms with Gasteiger partial charge in [-0.2, -0.15) is 0 Å². The van der Waals surface area contributed by atoms with Crippen LogP contribution < -0.4 is 29.2 Å². The maximum atomic E-state index is 14.1. The molecule has 0 fully saturated rings. The molecule has 3 aliphatic heterocycles. The smallest absolute Gasteiger partial charge is 0.260 e. The number of carbonyl (C=O) groups is 2. The van der Waals surface area contributed by atoms with Crippen LogP contribution in [0.4, 0.5) is 17.1 Å². The van der Waals surface area contributed by atoms with Gasteiger partial charge in [-0.25, -0.2) is 0 Å². The number of aliphatic imine (C=N–C) groups is 1. The molecule has 0 bridgehead atoms. The maximum absolute atomic E-state index is 14.1. The fourth-order valence-electron chi connectivity index (χ4n) is 8.70. The molecule has 0 spiro atoms. The van der Waals surface area contributed by atoms with Crippen molar-refractivity contribution in [1.82, 2.24) is 9.80 Å². The Morgan fingerprint density at radius 2 is 1.57 bits per heavy atom. The second kappa shape index (κ2) is 22.5. The molecule has 2 amide bonds. The van der Waals surface area contributed by atoms with Gasteiger partial charge < -0.3 is 63.4 Å². The number of nitrogens with one attached hydrogen (secondary N) is 1. The number of hydrogen-bond donors (Lipinski definition) is 3. The largest absolute Gasteiger partial charge is 0.493 e. The lowest BCUT2D eigenvalue weighted by Crippen LogP contribution is -2.37. The number of fused-ring (bicyclic) bond motifs is 4. The predicted octanol–water partition coefficient (Wildman–Crippen LogP) is 6.25. The molecule has 3 N–H and O–H groups in total. The topological polar surface area (TPSA) is 173 Å². The minimum absolute atomic E-state index is 0.0308. The third kappa shape index (κ3) is 11.2. The normalized spacial score (nSPS) is 18.0. The second-order valence-corrected chi connectivity index (χ2v) is 16.4. The highest BCUT2D eigenvalue weighted by Crippen LogP contribution is 2.42. The Bertz CT molecular complexity index is 2250. The number of aliphatic hydroxyl groups excluding tert-OH is 2. The average molecular weight is 898 g/mol. The summed E-state index contributed by atoms with van der Waals surface area (Å²) in [5, 5.41) is 22.8. The fraction of sp³-hybridized carbons (Fsp3) is 0.490. The Morgan fingerprint density at radius 3 is 2.26 bits per heavy atom. The molecule has 1 aliphatic carbocycles. The molecule has 16 heteroatoms. The Morgan fingerprint density at radius 1 is 0.862 bits per heavy atom.